The molecule has 0 saturated carbocycles. The van der Waals surface area contributed by atoms with Crippen LogP contribution in [-0.4, -0.2) is 19.6 Å². The van der Waals surface area contributed by atoms with E-state index in [0.29, 0.717) is 11.7 Å². The van der Waals surface area contributed by atoms with Crippen LogP contribution >= 0.6 is 22.6 Å². The Morgan fingerprint density at radius 3 is 2.35 bits per heavy atom. The number of carbonyl (C=O) groups is 1. The number of amides is 1. The maximum Gasteiger partial charge on any atom is 0.258 e. The van der Waals surface area contributed by atoms with Crippen molar-refractivity contribution in [1.82, 2.24) is 5.32 Å². The van der Waals surface area contributed by atoms with E-state index in [-0.39, 0.29) is 18.6 Å². The minimum absolute atomic E-state index is 0.00281. The molecular weight excluding hydrogens is 441 g/mol. The number of hydrogen-bond acceptors (Lipinski definition) is 3. The Morgan fingerprint density at radius 2 is 1.77 bits per heavy atom. The van der Waals surface area contributed by atoms with Gasteiger partial charge in [0.15, 0.2) is 6.61 Å². The Hall–Kier alpha value is -1.76. The third-order valence-corrected chi connectivity index (χ3v) is 4.99. The lowest BCUT2D eigenvalue weighted by molar-refractivity contribution is -0.123. The number of benzene rings is 2. The van der Waals surface area contributed by atoms with Gasteiger partial charge in [0.1, 0.15) is 11.5 Å². The van der Waals surface area contributed by atoms with Gasteiger partial charge in [-0.1, -0.05) is 13.8 Å². The second-order valence-corrected chi connectivity index (χ2v) is 7.88. The smallest absolute Gasteiger partial charge is 0.258 e. The van der Waals surface area contributed by atoms with Crippen molar-refractivity contribution in [2.24, 2.45) is 0 Å². The summed E-state index contributed by atoms with van der Waals surface area (Å²) in [6, 6.07) is 11.7. The zero-order chi connectivity index (χ0) is 19.3. The molecule has 0 radical (unpaired) electrons. The molecule has 0 heterocycles. The molecule has 0 aliphatic heterocycles. The zero-order valence-electron chi connectivity index (χ0n) is 15.9. The van der Waals surface area contributed by atoms with Crippen LogP contribution in [0, 0.1) is 10.5 Å². The van der Waals surface area contributed by atoms with Crippen LogP contribution in [0.2, 0.25) is 0 Å². The molecule has 140 valence electrons. The topological polar surface area (TPSA) is 47.6 Å². The quantitative estimate of drug-likeness (QED) is 0.584. The molecule has 26 heavy (non-hydrogen) atoms. The molecular formula is C21H26INO3. The van der Waals surface area contributed by atoms with Gasteiger partial charge in [0.25, 0.3) is 5.91 Å². The Bertz CT molecular complexity index is 757. The fraction of sp³-hybridized carbons (Fsp3) is 0.381. The molecule has 0 unspecified atom stereocenters. The summed E-state index contributed by atoms with van der Waals surface area (Å²) in [5, 5.41) is 3.02. The number of ether oxygens (including phenoxy) is 2. The van der Waals surface area contributed by atoms with E-state index in [1.165, 1.54) is 0 Å². The summed E-state index contributed by atoms with van der Waals surface area (Å²) in [6.07, 6.45) is 0. The van der Waals surface area contributed by atoms with Gasteiger partial charge in [-0.15, -0.1) is 0 Å². The van der Waals surface area contributed by atoms with E-state index in [0.717, 1.165) is 26.0 Å². The number of rotatable bonds is 7. The molecule has 4 nitrogen and oxygen atoms in total. The van der Waals surface area contributed by atoms with Gasteiger partial charge in [0, 0.05) is 3.57 Å². The molecule has 0 aliphatic carbocycles. The summed E-state index contributed by atoms with van der Waals surface area (Å²) in [5.41, 5.74) is 3.33. The molecule has 0 saturated heterocycles. The van der Waals surface area contributed by atoms with E-state index >= 15 is 0 Å². The molecule has 1 amide bonds. The predicted octanol–water partition coefficient (Wildman–Crippen LogP) is 4.99. The highest BCUT2D eigenvalue weighted by atomic mass is 127. The van der Waals surface area contributed by atoms with Crippen LogP contribution in [0.4, 0.5) is 0 Å². The van der Waals surface area contributed by atoms with Gasteiger partial charge in [0.05, 0.1) is 13.2 Å². The second-order valence-electron chi connectivity index (χ2n) is 6.64. The number of nitrogens with one attached hydrogen (secondary N) is 1. The Labute approximate surface area is 169 Å². The zero-order valence-corrected chi connectivity index (χ0v) is 18.1. The fourth-order valence-electron chi connectivity index (χ4n) is 2.85. The highest BCUT2D eigenvalue weighted by molar-refractivity contribution is 14.1. The first kappa shape index (κ1) is 20.6. The van der Waals surface area contributed by atoms with Crippen molar-refractivity contribution in [2.45, 2.75) is 39.7 Å². The van der Waals surface area contributed by atoms with Gasteiger partial charge >= 0.3 is 0 Å². The van der Waals surface area contributed by atoms with Crippen LogP contribution in [-0.2, 0) is 4.79 Å². The number of halogens is 1. The average Bonchev–Trinajstić information content (AvgIpc) is 2.60. The van der Waals surface area contributed by atoms with Gasteiger partial charge in [-0.25, -0.2) is 0 Å². The second kappa shape index (κ2) is 9.26. The van der Waals surface area contributed by atoms with E-state index in [4.69, 9.17) is 9.47 Å². The summed E-state index contributed by atoms with van der Waals surface area (Å²) < 4.78 is 12.2. The SMILES string of the molecule is COc1cc(C)c([C@H](C)NC(=O)COc2ccc(I)cc2)cc1C(C)C. The maximum atomic E-state index is 12.3. The van der Waals surface area contributed by atoms with Crippen LogP contribution in [0.1, 0.15) is 49.4 Å². The summed E-state index contributed by atoms with van der Waals surface area (Å²) in [6.45, 7) is 8.29. The Kier molecular flexibility index (Phi) is 7.32. The summed E-state index contributed by atoms with van der Waals surface area (Å²) in [7, 11) is 1.69. The number of carbonyl (C=O) groups excluding carboxylic acids is 1. The Balaban J connectivity index is 2.04. The molecule has 0 spiro atoms. The summed E-state index contributed by atoms with van der Waals surface area (Å²) in [4.78, 5) is 12.3. The van der Waals surface area contributed by atoms with E-state index in [1.807, 2.05) is 44.2 Å². The molecule has 0 fully saturated rings. The number of hydrogen-bond donors (Lipinski definition) is 1. The average molecular weight is 467 g/mol. The lowest BCUT2D eigenvalue weighted by Crippen LogP contribution is -2.31. The van der Waals surface area contributed by atoms with Crippen LogP contribution in [0.25, 0.3) is 0 Å². The standard InChI is InChI=1S/C21H26INO3/c1-13(2)18-11-19(14(3)10-20(18)25-5)15(4)23-21(24)12-26-17-8-6-16(22)7-9-17/h6-11,13,15H,12H2,1-5H3,(H,23,24)/t15-/m0/s1. The predicted molar refractivity (Wildman–Crippen MR) is 113 cm³/mol. The van der Waals surface area contributed by atoms with Crippen molar-refractivity contribution in [3.63, 3.8) is 0 Å². The Morgan fingerprint density at radius 1 is 1.12 bits per heavy atom. The fourth-order valence-corrected chi connectivity index (χ4v) is 3.21. The van der Waals surface area contributed by atoms with Crippen LogP contribution in [0.3, 0.4) is 0 Å². The molecule has 0 aromatic heterocycles. The highest BCUT2D eigenvalue weighted by Gasteiger charge is 2.17. The van der Waals surface area contributed by atoms with Crippen molar-refractivity contribution in [1.29, 1.82) is 0 Å². The number of methoxy groups -OCH3 is 1. The third kappa shape index (κ3) is 5.37. The van der Waals surface area contributed by atoms with E-state index in [9.17, 15) is 4.79 Å². The van der Waals surface area contributed by atoms with E-state index in [1.54, 1.807) is 7.11 Å². The first-order valence-electron chi connectivity index (χ1n) is 8.68. The van der Waals surface area contributed by atoms with Gasteiger partial charge in [0.2, 0.25) is 0 Å². The normalized spacial score (nSPS) is 12.0. The lowest BCUT2D eigenvalue weighted by atomic mass is 9.93. The maximum absolute atomic E-state index is 12.3. The molecule has 0 bridgehead atoms. The summed E-state index contributed by atoms with van der Waals surface area (Å²) >= 11 is 2.23. The molecule has 1 N–H and O–H groups in total. The van der Waals surface area contributed by atoms with Crippen LogP contribution in [0.15, 0.2) is 36.4 Å². The van der Waals surface area contributed by atoms with Crippen LogP contribution in [0.5, 0.6) is 11.5 Å². The number of aryl methyl sites for hydroxylation is 1. The van der Waals surface area contributed by atoms with Crippen LogP contribution < -0.4 is 14.8 Å². The highest BCUT2D eigenvalue weighted by Crippen LogP contribution is 2.32. The van der Waals surface area contributed by atoms with Crippen molar-refractivity contribution >= 4 is 28.5 Å². The van der Waals surface area contributed by atoms with Crippen molar-refractivity contribution in [3.8, 4) is 11.5 Å². The largest absolute Gasteiger partial charge is 0.496 e. The molecule has 2 aromatic carbocycles. The molecule has 0 aliphatic rings. The van der Waals surface area contributed by atoms with Crippen molar-refractivity contribution < 1.29 is 14.3 Å². The minimum atomic E-state index is -0.141. The molecule has 2 rings (SSSR count). The first-order chi connectivity index (χ1) is 12.3. The van der Waals surface area contributed by atoms with Gasteiger partial charge < -0.3 is 14.8 Å². The lowest BCUT2D eigenvalue weighted by Gasteiger charge is -2.21. The first-order valence-corrected chi connectivity index (χ1v) is 9.75. The van der Waals surface area contributed by atoms with E-state index in [2.05, 4.69) is 47.8 Å². The van der Waals surface area contributed by atoms with Gasteiger partial charge in [-0.3, -0.25) is 4.79 Å². The molecule has 5 heteroatoms. The third-order valence-electron chi connectivity index (χ3n) is 4.27. The summed E-state index contributed by atoms with van der Waals surface area (Å²) in [5.74, 6) is 1.78. The van der Waals surface area contributed by atoms with Crippen molar-refractivity contribution in [3.05, 3.63) is 56.7 Å². The monoisotopic (exact) mass is 467 g/mol. The van der Waals surface area contributed by atoms with Crippen molar-refractivity contribution in [2.75, 3.05) is 13.7 Å². The van der Waals surface area contributed by atoms with E-state index < -0.39 is 0 Å². The molecule has 2 aromatic rings. The van der Waals surface area contributed by atoms with Gasteiger partial charge in [-0.2, -0.15) is 0 Å². The van der Waals surface area contributed by atoms with Gasteiger partial charge in [-0.05, 0) is 95.4 Å². The molecule has 1 atom stereocenters. The minimum Gasteiger partial charge on any atom is -0.496 e.